The second kappa shape index (κ2) is 5.70. The summed E-state index contributed by atoms with van der Waals surface area (Å²) < 4.78 is 0. The maximum absolute atomic E-state index is 4.16. The molecular weight excluding hydrogens is 178 g/mol. The van der Waals surface area contributed by atoms with Gasteiger partial charge in [0.05, 0.1) is 7.05 Å². The Hall–Kier alpha value is -0.970. The minimum Gasteiger partial charge on any atom is -0.317 e. The fourth-order valence-electron chi connectivity index (χ4n) is 1.42. The summed E-state index contributed by atoms with van der Waals surface area (Å²) in [6.07, 6.45) is 4.51. The first-order valence-corrected chi connectivity index (χ1v) is 5.16. The van der Waals surface area contributed by atoms with Gasteiger partial charge < -0.3 is 5.32 Å². The zero-order chi connectivity index (χ0) is 10.4. The third-order valence-electron chi connectivity index (χ3n) is 2.29. The molecule has 1 atom stereocenters. The minimum absolute atomic E-state index is 0.471. The smallest absolute Gasteiger partial charge is 0.176 e. The molecule has 0 radical (unpaired) electrons. The Morgan fingerprint density at radius 3 is 2.79 bits per heavy atom. The lowest BCUT2D eigenvalue weighted by atomic mass is 10.1. The van der Waals surface area contributed by atoms with Crippen LogP contribution in [0.15, 0.2) is 0 Å². The Bertz CT molecular complexity index is 257. The van der Waals surface area contributed by atoms with Crippen LogP contribution >= 0.6 is 0 Å². The van der Waals surface area contributed by atoms with Gasteiger partial charge in [-0.05, 0) is 18.7 Å². The number of nitrogens with one attached hydrogen (secondary N) is 1. The largest absolute Gasteiger partial charge is 0.317 e. The summed E-state index contributed by atoms with van der Waals surface area (Å²) in [5.41, 5.74) is 0. The van der Waals surface area contributed by atoms with Gasteiger partial charge in [0.1, 0.15) is 0 Å². The van der Waals surface area contributed by atoms with E-state index in [1.54, 1.807) is 7.05 Å². The van der Waals surface area contributed by atoms with Crippen LogP contribution in [0.5, 0.6) is 0 Å². The lowest BCUT2D eigenvalue weighted by Gasteiger charge is -2.12. The van der Waals surface area contributed by atoms with Crippen LogP contribution in [0, 0.1) is 0 Å². The second-order valence-electron chi connectivity index (χ2n) is 3.53. The molecule has 0 aliphatic rings. The van der Waals surface area contributed by atoms with Crippen LogP contribution in [0.2, 0.25) is 0 Å². The molecule has 14 heavy (non-hydrogen) atoms. The molecule has 1 aromatic heterocycles. The first-order chi connectivity index (χ1) is 6.76. The third-order valence-corrected chi connectivity index (χ3v) is 2.29. The van der Waals surface area contributed by atoms with Gasteiger partial charge in [-0.2, -0.15) is 4.80 Å². The number of unbranched alkanes of at least 4 members (excludes halogenated alkanes) is 1. The molecule has 0 aliphatic heterocycles. The number of hydrogen-bond donors (Lipinski definition) is 1. The normalized spacial score (nSPS) is 13.1. The molecule has 1 rings (SSSR count). The monoisotopic (exact) mass is 197 g/mol. The second-order valence-corrected chi connectivity index (χ2v) is 3.53. The van der Waals surface area contributed by atoms with Crippen molar-refractivity contribution in [2.24, 2.45) is 7.05 Å². The van der Waals surface area contributed by atoms with Crippen LogP contribution in [-0.2, 0) is 13.5 Å². The molecule has 1 heterocycles. The summed E-state index contributed by atoms with van der Waals surface area (Å²) >= 11 is 0. The highest BCUT2D eigenvalue weighted by Gasteiger charge is 2.09. The molecule has 5 nitrogen and oxygen atoms in total. The third kappa shape index (κ3) is 3.41. The topological polar surface area (TPSA) is 55.6 Å². The summed E-state index contributed by atoms with van der Waals surface area (Å²) in [6.45, 7) is 2.20. The Morgan fingerprint density at radius 1 is 1.50 bits per heavy atom. The quantitative estimate of drug-likeness (QED) is 0.723. The van der Waals surface area contributed by atoms with E-state index in [0.717, 1.165) is 12.2 Å². The van der Waals surface area contributed by atoms with Gasteiger partial charge in [0.25, 0.3) is 0 Å². The Morgan fingerprint density at radius 2 is 2.29 bits per heavy atom. The number of aromatic nitrogens is 4. The van der Waals surface area contributed by atoms with Crippen LogP contribution in [0.25, 0.3) is 0 Å². The fraction of sp³-hybridized carbons (Fsp3) is 0.889. The van der Waals surface area contributed by atoms with E-state index in [4.69, 9.17) is 0 Å². The van der Waals surface area contributed by atoms with Gasteiger partial charge >= 0.3 is 0 Å². The van der Waals surface area contributed by atoms with E-state index in [1.807, 2.05) is 7.05 Å². The van der Waals surface area contributed by atoms with Gasteiger partial charge in [-0.3, -0.25) is 0 Å². The van der Waals surface area contributed by atoms with Gasteiger partial charge in [0, 0.05) is 12.5 Å². The van der Waals surface area contributed by atoms with E-state index in [1.165, 1.54) is 24.1 Å². The van der Waals surface area contributed by atoms with Crippen molar-refractivity contribution in [1.29, 1.82) is 0 Å². The van der Waals surface area contributed by atoms with Crippen LogP contribution in [0.1, 0.15) is 32.0 Å². The number of tetrazole rings is 1. The van der Waals surface area contributed by atoms with Crippen molar-refractivity contribution < 1.29 is 0 Å². The molecule has 0 saturated heterocycles. The lowest BCUT2D eigenvalue weighted by Crippen LogP contribution is -2.28. The van der Waals surface area contributed by atoms with Crippen LogP contribution in [0.3, 0.4) is 0 Å². The molecule has 0 aromatic carbocycles. The Kier molecular flexibility index (Phi) is 4.52. The minimum atomic E-state index is 0.471. The standard InChI is InChI=1S/C9H19N5/c1-4-5-6-8(10-2)7-9-11-13-14(3)12-9/h8,10H,4-7H2,1-3H3. The highest BCUT2D eigenvalue weighted by atomic mass is 15.6. The number of nitrogens with zero attached hydrogens (tertiary/aromatic N) is 4. The Balaban J connectivity index is 2.40. The number of likely N-dealkylation sites (N-methyl/N-ethyl adjacent to an activating group) is 1. The van der Waals surface area contributed by atoms with Crippen molar-refractivity contribution in [3.63, 3.8) is 0 Å². The zero-order valence-electron chi connectivity index (χ0n) is 9.19. The van der Waals surface area contributed by atoms with E-state index < -0.39 is 0 Å². The van der Waals surface area contributed by atoms with Crippen molar-refractivity contribution in [1.82, 2.24) is 25.5 Å². The predicted octanol–water partition coefficient (Wildman–Crippen LogP) is 0.531. The Labute approximate surface area is 84.9 Å². The number of aryl methyl sites for hydroxylation is 1. The average Bonchev–Trinajstić information content (AvgIpc) is 2.58. The van der Waals surface area contributed by atoms with Crippen molar-refractivity contribution in [3.8, 4) is 0 Å². The van der Waals surface area contributed by atoms with Gasteiger partial charge in [-0.1, -0.05) is 19.8 Å². The maximum Gasteiger partial charge on any atom is 0.176 e. The molecule has 80 valence electrons. The maximum atomic E-state index is 4.16. The molecule has 1 aromatic rings. The molecule has 0 amide bonds. The van der Waals surface area contributed by atoms with E-state index in [9.17, 15) is 0 Å². The van der Waals surface area contributed by atoms with Crippen molar-refractivity contribution in [3.05, 3.63) is 5.82 Å². The molecule has 0 fully saturated rings. The molecule has 0 spiro atoms. The summed E-state index contributed by atoms with van der Waals surface area (Å²) in [6, 6.07) is 0.471. The van der Waals surface area contributed by atoms with E-state index in [-0.39, 0.29) is 0 Å². The van der Waals surface area contributed by atoms with Gasteiger partial charge in [0.2, 0.25) is 0 Å². The highest BCUT2D eigenvalue weighted by molar-refractivity contribution is 4.83. The first-order valence-electron chi connectivity index (χ1n) is 5.16. The summed E-state index contributed by atoms with van der Waals surface area (Å²) in [5.74, 6) is 0.822. The van der Waals surface area contributed by atoms with E-state index in [2.05, 4.69) is 27.7 Å². The highest BCUT2D eigenvalue weighted by Crippen LogP contribution is 2.04. The van der Waals surface area contributed by atoms with Gasteiger partial charge in [-0.25, -0.2) is 0 Å². The molecule has 0 saturated carbocycles. The summed E-state index contributed by atoms with van der Waals surface area (Å²) in [5, 5.41) is 15.2. The molecule has 5 heteroatoms. The fourth-order valence-corrected chi connectivity index (χ4v) is 1.42. The van der Waals surface area contributed by atoms with E-state index >= 15 is 0 Å². The van der Waals surface area contributed by atoms with Crippen molar-refractivity contribution in [2.75, 3.05) is 7.05 Å². The summed E-state index contributed by atoms with van der Waals surface area (Å²) in [4.78, 5) is 1.50. The molecule has 1 unspecified atom stereocenters. The van der Waals surface area contributed by atoms with Crippen LogP contribution in [-0.4, -0.2) is 33.3 Å². The molecule has 0 aliphatic carbocycles. The molecule has 1 N–H and O–H groups in total. The lowest BCUT2D eigenvalue weighted by molar-refractivity contribution is 0.488. The molecule has 0 bridgehead atoms. The average molecular weight is 197 g/mol. The van der Waals surface area contributed by atoms with Crippen LogP contribution < -0.4 is 5.32 Å². The predicted molar refractivity (Wildman–Crippen MR) is 54.9 cm³/mol. The van der Waals surface area contributed by atoms with Gasteiger partial charge in [-0.15, -0.1) is 10.2 Å². The molecular formula is C9H19N5. The summed E-state index contributed by atoms with van der Waals surface area (Å²) in [7, 11) is 3.77. The van der Waals surface area contributed by atoms with E-state index in [0.29, 0.717) is 6.04 Å². The van der Waals surface area contributed by atoms with Crippen molar-refractivity contribution >= 4 is 0 Å². The first kappa shape index (κ1) is 11.1. The van der Waals surface area contributed by atoms with Crippen LogP contribution in [0.4, 0.5) is 0 Å². The van der Waals surface area contributed by atoms with Gasteiger partial charge in [0.15, 0.2) is 5.82 Å². The SMILES string of the molecule is CCCCC(Cc1nnn(C)n1)NC. The number of rotatable bonds is 6. The van der Waals surface area contributed by atoms with Crippen molar-refractivity contribution in [2.45, 2.75) is 38.6 Å². The zero-order valence-corrected chi connectivity index (χ0v) is 9.19. The number of hydrogen-bond acceptors (Lipinski definition) is 4.